The molecule has 1 aliphatic rings. The summed E-state index contributed by atoms with van der Waals surface area (Å²) in [6.45, 7) is 2.51. The van der Waals surface area contributed by atoms with Gasteiger partial charge in [0.15, 0.2) is 5.69 Å². The number of benzene rings is 1. The molecule has 1 fully saturated rings. The first-order valence-electron chi connectivity index (χ1n) is 7.79. The minimum absolute atomic E-state index is 0.0279. The summed E-state index contributed by atoms with van der Waals surface area (Å²) in [7, 11) is 0. The average molecular weight is 392 g/mol. The van der Waals surface area contributed by atoms with E-state index in [9.17, 15) is 4.79 Å². The number of carbonyl (C=O) groups is 1. The number of likely N-dealkylation sites (tertiary alicyclic amines) is 1. The fraction of sp³-hybridized carbons (Fsp3) is 0.353. The summed E-state index contributed by atoms with van der Waals surface area (Å²) < 4.78 is 7.04. The van der Waals surface area contributed by atoms with Gasteiger partial charge in [-0.3, -0.25) is 9.88 Å². The molecular formula is C17H18BrN3O3. The van der Waals surface area contributed by atoms with Crippen molar-refractivity contribution < 1.29 is 14.6 Å². The molecule has 1 aromatic carbocycles. The zero-order valence-corrected chi connectivity index (χ0v) is 14.6. The van der Waals surface area contributed by atoms with E-state index in [1.807, 2.05) is 24.3 Å². The van der Waals surface area contributed by atoms with Crippen LogP contribution in [0, 0.1) is 0 Å². The lowest BCUT2D eigenvalue weighted by Gasteiger charge is -2.31. The van der Waals surface area contributed by atoms with Crippen LogP contribution in [0.3, 0.4) is 0 Å². The molecule has 1 N–H and O–H groups in total. The number of carboxylic acids is 1. The first-order valence-corrected chi connectivity index (χ1v) is 8.58. The normalized spacial score (nSPS) is 16.0. The molecule has 2 heterocycles. The first-order chi connectivity index (χ1) is 11.6. The highest BCUT2D eigenvalue weighted by Crippen LogP contribution is 2.22. The van der Waals surface area contributed by atoms with E-state index in [1.54, 1.807) is 0 Å². The maximum Gasteiger partial charge on any atom is 0.356 e. The van der Waals surface area contributed by atoms with Crippen molar-refractivity contribution in [1.29, 1.82) is 0 Å². The van der Waals surface area contributed by atoms with Crippen LogP contribution >= 0.6 is 15.9 Å². The molecule has 1 aromatic heterocycles. The highest BCUT2D eigenvalue weighted by atomic mass is 79.9. The molecule has 6 nitrogen and oxygen atoms in total. The molecule has 0 unspecified atom stereocenters. The lowest BCUT2D eigenvalue weighted by atomic mass is 10.1. The van der Waals surface area contributed by atoms with E-state index in [1.165, 1.54) is 12.4 Å². The van der Waals surface area contributed by atoms with Crippen molar-refractivity contribution in [3.63, 3.8) is 0 Å². The van der Waals surface area contributed by atoms with Gasteiger partial charge in [0.25, 0.3) is 0 Å². The van der Waals surface area contributed by atoms with Crippen LogP contribution in [-0.2, 0) is 6.54 Å². The Morgan fingerprint density at radius 2 is 2.08 bits per heavy atom. The molecule has 2 aromatic rings. The number of aromatic carboxylic acids is 1. The average Bonchev–Trinajstić information content (AvgIpc) is 2.57. The third-order valence-electron chi connectivity index (χ3n) is 3.94. The fourth-order valence-electron chi connectivity index (χ4n) is 2.69. The number of hydrogen-bond donors (Lipinski definition) is 1. The molecule has 1 aliphatic heterocycles. The number of hydrogen-bond acceptors (Lipinski definition) is 5. The summed E-state index contributed by atoms with van der Waals surface area (Å²) in [6.07, 6.45) is 4.96. The minimum atomic E-state index is -1.06. The Balaban J connectivity index is 1.49. The van der Waals surface area contributed by atoms with Crippen LogP contribution in [0.1, 0.15) is 29.0 Å². The van der Waals surface area contributed by atoms with E-state index >= 15 is 0 Å². The van der Waals surface area contributed by atoms with E-state index in [-0.39, 0.29) is 11.8 Å². The van der Waals surface area contributed by atoms with E-state index in [4.69, 9.17) is 9.84 Å². The van der Waals surface area contributed by atoms with Crippen molar-refractivity contribution in [2.75, 3.05) is 13.1 Å². The molecule has 0 atom stereocenters. The van der Waals surface area contributed by atoms with Gasteiger partial charge in [-0.25, -0.2) is 9.78 Å². The Kier molecular flexibility index (Phi) is 5.42. The molecule has 7 heteroatoms. The van der Waals surface area contributed by atoms with Crippen LogP contribution in [0.25, 0.3) is 0 Å². The molecule has 0 bridgehead atoms. The molecule has 0 aliphatic carbocycles. The zero-order chi connectivity index (χ0) is 16.9. The quantitative estimate of drug-likeness (QED) is 0.843. The SMILES string of the molecule is O=C(O)c1cnc(CN2CCC(Oc3cccc(Br)c3)CC2)cn1. The Bertz CT molecular complexity index is 700. The van der Waals surface area contributed by atoms with Crippen molar-refractivity contribution in [1.82, 2.24) is 14.9 Å². The largest absolute Gasteiger partial charge is 0.490 e. The summed E-state index contributed by atoms with van der Waals surface area (Å²) in [5, 5.41) is 8.83. The van der Waals surface area contributed by atoms with Gasteiger partial charge in [0.05, 0.1) is 18.1 Å². The molecular weight excluding hydrogens is 374 g/mol. The van der Waals surface area contributed by atoms with Gasteiger partial charge in [-0.1, -0.05) is 22.0 Å². The van der Waals surface area contributed by atoms with Crippen LogP contribution in [-0.4, -0.2) is 45.1 Å². The van der Waals surface area contributed by atoms with Crippen molar-refractivity contribution in [3.05, 3.63) is 52.5 Å². The Labute approximate surface area is 148 Å². The summed E-state index contributed by atoms with van der Waals surface area (Å²) >= 11 is 3.45. The summed E-state index contributed by atoms with van der Waals surface area (Å²) in [4.78, 5) is 21.1. The van der Waals surface area contributed by atoms with E-state index in [0.717, 1.165) is 41.8 Å². The number of nitrogens with zero attached hydrogens (tertiary/aromatic N) is 3. The molecule has 0 spiro atoms. The van der Waals surface area contributed by atoms with Gasteiger partial charge in [-0.2, -0.15) is 0 Å². The molecule has 24 heavy (non-hydrogen) atoms. The summed E-state index contributed by atoms with van der Waals surface area (Å²) in [6, 6.07) is 7.89. The molecule has 0 amide bonds. The van der Waals surface area contributed by atoms with Gasteiger partial charge in [0.2, 0.25) is 0 Å². The second kappa shape index (κ2) is 7.72. The lowest BCUT2D eigenvalue weighted by molar-refractivity contribution is 0.0689. The highest BCUT2D eigenvalue weighted by Gasteiger charge is 2.21. The van der Waals surface area contributed by atoms with Crippen LogP contribution in [0.5, 0.6) is 5.75 Å². The van der Waals surface area contributed by atoms with E-state index in [2.05, 4.69) is 30.8 Å². The van der Waals surface area contributed by atoms with Crippen molar-refractivity contribution >= 4 is 21.9 Å². The van der Waals surface area contributed by atoms with Crippen molar-refractivity contribution in [2.45, 2.75) is 25.5 Å². The van der Waals surface area contributed by atoms with Gasteiger partial charge >= 0.3 is 5.97 Å². The van der Waals surface area contributed by atoms with Gasteiger partial charge in [0.1, 0.15) is 11.9 Å². The molecule has 0 saturated carbocycles. The van der Waals surface area contributed by atoms with Gasteiger partial charge in [-0.05, 0) is 31.0 Å². The van der Waals surface area contributed by atoms with E-state index < -0.39 is 5.97 Å². The second-order valence-corrected chi connectivity index (χ2v) is 6.66. The zero-order valence-electron chi connectivity index (χ0n) is 13.1. The Morgan fingerprint density at radius 1 is 1.29 bits per heavy atom. The number of aromatic nitrogens is 2. The number of halogens is 1. The Hall–Kier alpha value is -1.99. The van der Waals surface area contributed by atoms with Gasteiger partial charge in [-0.15, -0.1) is 0 Å². The molecule has 0 radical (unpaired) electrons. The molecule has 1 saturated heterocycles. The maximum absolute atomic E-state index is 10.8. The van der Waals surface area contributed by atoms with Crippen LogP contribution in [0.15, 0.2) is 41.1 Å². The monoisotopic (exact) mass is 391 g/mol. The van der Waals surface area contributed by atoms with E-state index in [0.29, 0.717) is 6.54 Å². The predicted molar refractivity (Wildman–Crippen MR) is 92.1 cm³/mol. The number of rotatable bonds is 5. The standard InChI is InChI=1S/C17H18BrN3O3/c18-12-2-1-3-15(8-12)24-14-4-6-21(7-5-14)11-13-9-20-16(10-19-13)17(22)23/h1-3,8-10,14H,4-7,11H2,(H,22,23). The van der Waals surface area contributed by atoms with Gasteiger partial charge < -0.3 is 9.84 Å². The third kappa shape index (κ3) is 4.52. The molecule has 126 valence electrons. The first kappa shape index (κ1) is 16.9. The van der Waals surface area contributed by atoms with Crippen molar-refractivity contribution in [2.24, 2.45) is 0 Å². The maximum atomic E-state index is 10.8. The molecule has 3 rings (SSSR count). The fourth-order valence-corrected chi connectivity index (χ4v) is 3.07. The van der Waals surface area contributed by atoms with Crippen LogP contribution < -0.4 is 4.74 Å². The number of carboxylic acid groups (broad SMARTS) is 1. The topological polar surface area (TPSA) is 75.5 Å². The third-order valence-corrected chi connectivity index (χ3v) is 4.44. The van der Waals surface area contributed by atoms with Crippen molar-refractivity contribution in [3.8, 4) is 5.75 Å². The smallest absolute Gasteiger partial charge is 0.356 e. The number of ether oxygens (including phenoxy) is 1. The summed E-state index contributed by atoms with van der Waals surface area (Å²) in [5.74, 6) is -0.169. The van der Waals surface area contributed by atoms with Crippen LogP contribution in [0.4, 0.5) is 0 Å². The highest BCUT2D eigenvalue weighted by molar-refractivity contribution is 9.10. The lowest BCUT2D eigenvalue weighted by Crippen LogP contribution is -2.38. The van der Waals surface area contributed by atoms with Gasteiger partial charge in [0, 0.05) is 24.1 Å². The number of piperidine rings is 1. The van der Waals surface area contributed by atoms with Crippen LogP contribution in [0.2, 0.25) is 0 Å². The Morgan fingerprint density at radius 3 is 2.71 bits per heavy atom. The minimum Gasteiger partial charge on any atom is -0.490 e. The second-order valence-electron chi connectivity index (χ2n) is 5.75. The predicted octanol–water partition coefficient (Wildman–Crippen LogP) is 2.98. The summed E-state index contributed by atoms with van der Waals surface area (Å²) in [5.41, 5.74) is 0.756.